The maximum Gasteiger partial charge on any atom is 0.314 e. The Morgan fingerprint density at radius 3 is 2.21 bits per heavy atom. The van der Waals surface area contributed by atoms with Crippen LogP contribution in [0.3, 0.4) is 0 Å². The van der Waals surface area contributed by atoms with E-state index in [1.54, 1.807) is 12.1 Å². The van der Waals surface area contributed by atoms with Crippen molar-refractivity contribution in [1.29, 1.82) is 0 Å². The van der Waals surface area contributed by atoms with Crippen LogP contribution >= 0.6 is 11.6 Å². The van der Waals surface area contributed by atoms with Crippen molar-refractivity contribution in [1.82, 2.24) is 15.4 Å². The van der Waals surface area contributed by atoms with Gasteiger partial charge in [-0.1, -0.05) is 11.6 Å². The third-order valence-corrected chi connectivity index (χ3v) is 7.41. The zero-order valence-corrected chi connectivity index (χ0v) is 18.1. The number of amides is 2. The molecule has 1 unspecified atom stereocenters. The van der Waals surface area contributed by atoms with Crippen molar-refractivity contribution in [2.24, 2.45) is 11.8 Å². The number of carbonyl (C=O) groups is 1. The molecule has 1 aromatic carbocycles. The van der Waals surface area contributed by atoms with Crippen molar-refractivity contribution in [2.75, 3.05) is 26.2 Å². The predicted molar refractivity (Wildman–Crippen MR) is 112 cm³/mol. The molecule has 1 aliphatic heterocycles. The summed E-state index contributed by atoms with van der Waals surface area (Å²) in [6.07, 6.45) is 6.09. The second-order valence-electron chi connectivity index (χ2n) is 7.92. The van der Waals surface area contributed by atoms with Crippen LogP contribution in [0.5, 0.6) is 0 Å². The van der Waals surface area contributed by atoms with Crippen molar-refractivity contribution >= 4 is 27.7 Å². The molecule has 1 atom stereocenters. The fraction of sp³-hybridized carbons (Fsp3) is 0.650. The number of halogens is 1. The second-order valence-corrected chi connectivity index (χ2v) is 10.1. The van der Waals surface area contributed by atoms with Crippen LogP contribution in [0.15, 0.2) is 29.2 Å². The Morgan fingerprint density at radius 2 is 1.59 bits per heavy atom. The first kappa shape index (κ1) is 22.3. The second kappa shape index (κ2) is 10.6. The summed E-state index contributed by atoms with van der Waals surface area (Å²) in [6.45, 7) is 2.44. The molecule has 9 heteroatoms. The molecular formula is C20H30ClN3O4S. The minimum Gasteiger partial charge on any atom is -0.376 e. The lowest BCUT2D eigenvalue weighted by molar-refractivity contribution is 0.111. The molecule has 3 N–H and O–H groups in total. The molecule has 29 heavy (non-hydrogen) atoms. The zero-order chi connectivity index (χ0) is 20.7. The van der Waals surface area contributed by atoms with E-state index in [-0.39, 0.29) is 17.0 Å². The molecule has 1 heterocycles. The average Bonchev–Trinajstić information content (AvgIpc) is 3.24. The third-order valence-electron chi connectivity index (χ3n) is 5.72. The lowest BCUT2D eigenvalue weighted by atomic mass is 9.82. The van der Waals surface area contributed by atoms with Gasteiger partial charge in [-0.3, -0.25) is 0 Å². The topological polar surface area (TPSA) is 96.5 Å². The van der Waals surface area contributed by atoms with Crippen LogP contribution < -0.4 is 15.4 Å². The van der Waals surface area contributed by atoms with Crippen LogP contribution in [0.1, 0.15) is 38.5 Å². The molecule has 3 rings (SSSR count). The van der Waals surface area contributed by atoms with Gasteiger partial charge in [0.25, 0.3) is 0 Å². The van der Waals surface area contributed by atoms with Gasteiger partial charge >= 0.3 is 6.03 Å². The Hall–Kier alpha value is -1.35. The first-order valence-corrected chi connectivity index (χ1v) is 12.2. The molecule has 1 saturated carbocycles. The SMILES string of the molecule is O=C(NCC1CCC(CNS(=O)(=O)c2ccc(Cl)cc2)CC1)NCC1CCCO1. The van der Waals surface area contributed by atoms with Crippen LogP contribution in [0.4, 0.5) is 4.79 Å². The number of sulfonamides is 1. The minimum absolute atomic E-state index is 0.140. The number of ether oxygens (including phenoxy) is 1. The van der Waals surface area contributed by atoms with Crippen molar-refractivity contribution in [3.63, 3.8) is 0 Å². The van der Waals surface area contributed by atoms with E-state index in [0.717, 1.165) is 45.1 Å². The van der Waals surface area contributed by atoms with E-state index in [1.807, 2.05) is 0 Å². The highest BCUT2D eigenvalue weighted by Crippen LogP contribution is 2.28. The van der Waals surface area contributed by atoms with Crippen molar-refractivity contribution in [3.8, 4) is 0 Å². The summed E-state index contributed by atoms with van der Waals surface area (Å²) in [5.74, 6) is 0.759. The van der Waals surface area contributed by atoms with Gasteiger partial charge in [-0.2, -0.15) is 0 Å². The lowest BCUT2D eigenvalue weighted by Gasteiger charge is -2.28. The Bertz CT molecular complexity index is 758. The van der Waals surface area contributed by atoms with Crippen LogP contribution in [-0.2, 0) is 14.8 Å². The standard InChI is InChI=1S/C20H30ClN3O4S/c21-17-7-9-19(10-8-17)29(26,27)24-13-16-5-3-15(4-6-16)12-22-20(25)23-14-18-2-1-11-28-18/h7-10,15-16,18,24H,1-6,11-14H2,(H2,22,23,25). The molecule has 0 radical (unpaired) electrons. The van der Waals surface area contributed by atoms with Gasteiger partial charge < -0.3 is 15.4 Å². The first-order valence-electron chi connectivity index (χ1n) is 10.3. The van der Waals surface area contributed by atoms with Gasteiger partial charge in [-0.15, -0.1) is 0 Å². The van der Waals surface area contributed by atoms with E-state index in [9.17, 15) is 13.2 Å². The van der Waals surface area contributed by atoms with E-state index in [0.29, 0.717) is 36.5 Å². The molecule has 1 aromatic rings. The summed E-state index contributed by atoms with van der Waals surface area (Å²) >= 11 is 5.82. The number of rotatable bonds is 8. The molecule has 7 nitrogen and oxygen atoms in total. The maximum absolute atomic E-state index is 12.4. The molecule has 0 spiro atoms. The van der Waals surface area contributed by atoms with Crippen LogP contribution in [0.25, 0.3) is 0 Å². The fourth-order valence-electron chi connectivity index (χ4n) is 3.88. The fourth-order valence-corrected chi connectivity index (χ4v) is 5.12. The predicted octanol–water partition coefficient (Wildman–Crippen LogP) is 2.90. The summed E-state index contributed by atoms with van der Waals surface area (Å²) in [6, 6.07) is 6.03. The molecule has 2 fully saturated rings. The number of nitrogens with one attached hydrogen (secondary N) is 3. The molecule has 162 valence electrons. The van der Waals surface area contributed by atoms with Gasteiger partial charge in [-0.25, -0.2) is 17.9 Å². The monoisotopic (exact) mass is 443 g/mol. The Kier molecular flexibility index (Phi) is 8.17. The summed E-state index contributed by atoms with van der Waals surface area (Å²) in [5.41, 5.74) is 0. The number of carbonyl (C=O) groups excluding carboxylic acids is 1. The van der Waals surface area contributed by atoms with Gasteiger partial charge in [0.2, 0.25) is 10.0 Å². The molecular weight excluding hydrogens is 414 g/mol. The summed E-state index contributed by atoms with van der Waals surface area (Å²) < 4.78 is 32.9. The first-order chi connectivity index (χ1) is 13.9. The summed E-state index contributed by atoms with van der Waals surface area (Å²) in [7, 11) is -3.51. The molecule has 1 saturated heterocycles. The zero-order valence-electron chi connectivity index (χ0n) is 16.5. The Morgan fingerprint density at radius 1 is 0.966 bits per heavy atom. The summed E-state index contributed by atoms with van der Waals surface area (Å²) in [5, 5.41) is 6.33. The Labute approximate surface area is 178 Å². The number of hydrogen-bond donors (Lipinski definition) is 3. The van der Waals surface area contributed by atoms with E-state index in [2.05, 4.69) is 15.4 Å². The van der Waals surface area contributed by atoms with Crippen LogP contribution in [0, 0.1) is 11.8 Å². The molecule has 0 bridgehead atoms. The highest BCUT2D eigenvalue weighted by molar-refractivity contribution is 7.89. The van der Waals surface area contributed by atoms with E-state index >= 15 is 0 Å². The van der Waals surface area contributed by atoms with Crippen LogP contribution in [-0.4, -0.2) is 46.8 Å². The molecule has 2 amide bonds. The van der Waals surface area contributed by atoms with Crippen molar-refractivity contribution in [3.05, 3.63) is 29.3 Å². The number of hydrogen-bond acceptors (Lipinski definition) is 4. The van der Waals surface area contributed by atoms with Gasteiger partial charge in [0.05, 0.1) is 11.0 Å². The van der Waals surface area contributed by atoms with Gasteiger partial charge in [0.15, 0.2) is 0 Å². The lowest BCUT2D eigenvalue weighted by Crippen LogP contribution is -2.42. The third kappa shape index (κ3) is 7.13. The van der Waals surface area contributed by atoms with Crippen molar-refractivity contribution in [2.45, 2.75) is 49.5 Å². The van der Waals surface area contributed by atoms with Crippen molar-refractivity contribution < 1.29 is 17.9 Å². The largest absolute Gasteiger partial charge is 0.376 e. The van der Waals surface area contributed by atoms with Gasteiger partial charge in [0, 0.05) is 31.3 Å². The number of urea groups is 1. The smallest absolute Gasteiger partial charge is 0.314 e. The van der Waals surface area contributed by atoms with E-state index in [4.69, 9.17) is 16.3 Å². The normalized spacial score (nSPS) is 24.9. The number of benzene rings is 1. The quantitative estimate of drug-likeness (QED) is 0.575. The maximum atomic E-state index is 12.4. The molecule has 1 aliphatic carbocycles. The van der Waals surface area contributed by atoms with Crippen LogP contribution in [0.2, 0.25) is 5.02 Å². The summed E-state index contributed by atoms with van der Waals surface area (Å²) in [4.78, 5) is 12.1. The Balaban J connectivity index is 1.31. The molecule has 2 aliphatic rings. The van der Waals surface area contributed by atoms with E-state index < -0.39 is 10.0 Å². The van der Waals surface area contributed by atoms with Gasteiger partial charge in [0.1, 0.15) is 0 Å². The van der Waals surface area contributed by atoms with E-state index in [1.165, 1.54) is 12.1 Å². The van der Waals surface area contributed by atoms with Gasteiger partial charge in [-0.05, 0) is 74.6 Å². The average molecular weight is 444 g/mol. The minimum atomic E-state index is -3.51. The highest BCUT2D eigenvalue weighted by atomic mass is 35.5. The highest BCUT2D eigenvalue weighted by Gasteiger charge is 2.24. The molecule has 0 aromatic heterocycles.